The first-order valence-corrected chi connectivity index (χ1v) is 7.03. The highest BCUT2D eigenvalue weighted by atomic mass is 16.6. The summed E-state index contributed by atoms with van der Waals surface area (Å²) in [5, 5.41) is 9.00. The maximum atomic E-state index is 9.00. The van der Waals surface area contributed by atoms with Crippen molar-refractivity contribution in [3.05, 3.63) is 28.8 Å². The molecule has 3 nitrogen and oxygen atoms in total. The molecule has 1 aromatic rings. The summed E-state index contributed by atoms with van der Waals surface area (Å²) < 4.78 is 12.3. The molecule has 108 valence electrons. The van der Waals surface area contributed by atoms with E-state index in [1.54, 1.807) is 0 Å². The van der Waals surface area contributed by atoms with Gasteiger partial charge in [-0.3, -0.25) is 0 Å². The molecule has 1 heterocycles. The van der Waals surface area contributed by atoms with Crippen molar-refractivity contribution < 1.29 is 9.47 Å². The molecule has 1 saturated heterocycles. The van der Waals surface area contributed by atoms with E-state index in [0.29, 0.717) is 5.56 Å². The molecular weight excluding hydrogens is 250 g/mol. The lowest BCUT2D eigenvalue weighted by molar-refractivity contribution is -0.0847. The molecule has 1 aliphatic rings. The van der Waals surface area contributed by atoms with Crippen molar-refractivity contribution in [2.24, 2.45) is 0 Å². The maximum Gasteiger partial charge on any atom is 0.130 e. The van der Waals surface area contributed by atoms with Crippen LogP contribution in [0.15, 0.2) is 12.1 Å². The van der Waals surface area contributed by atoms with Crippen LogP contribution in [0.5, 0.6) is 5.75 Å². The number of hydrogen-bond donors (Lipinski definition) is 0. The second-order valence-electron chi connectivity index (χ2n) is 6.83. The number of nitriles is 1. The third-order valence-electron chi connectivity index (χ3n) is 3.84. The Hall–Kier alpha value is -1.53. The molecule has 1 fully saturated rings. The molecule has 0 N–H and O–H groups in total. The predicted octanol–water partition coefficient (Wildman–Crippen LogP) is 3.90. The monoisotopic (exact) mass is 273 g/mol. The number of aryl methyl sites for hydroxylation is 2. The summed E-state index contributed by atoms with van der Waals surface area (Å²) in [6.45, 7) is 12.3. The van der Waals surface area contributed by atoms with Gasteiger partial charge in [0.25, 0.3) is 0 Å². The third kappa shape index (κ3) is 2.81. The Kier molecular flexibility index (Phi) is 3.56. The molecule has 0 aliphatic carbocycles. The highest BCUT2D eigenvalue weighted by Gasteiger charge is 2.47. The predicted molar refractivity (Wildman–Crippen MR) is 78.9 cm³/mol. The minimum atomic E-state index is -0.309. The molecule has 2 rings (SSSR count). The maximum absolute atomic E-state index is 9.00. The highest BCUT2D eigenvalue weighted by molar-refractivity contribution is 5.47. The molecule has 0 radical (unpaired) electrons. The molecule has 0 amide bonds. The molecule has 3 heteroatoms. The van der Waals surface area contributed by atoms with E-state index in [9.17, 15) is 0 Å². The van der Waals surface area contributed by atoms with Gasteiger partial charge in [0.15, 0.2) is 0 Å². The Morgan fingerprint density at radius 3 is 2.15 bits per heavy atom. The smallest absolute Gasteiger partial charge is 0.130 e. The summed E-state index contributed by atoms with van der Waals surface area (Å²) in [4.78, 5) is 0. The third-order valence-corrected chi connectivity index (χ3v) is 3.84. The second-order valence-corrected chi connectivity index (χ2v) is 6.83. The first kappa shape index (κ1) is 14.9. The van der Waals surface area contributed by atoms with Gasteiger partial charge in [-0.15, -0.1) is 0 Å². The van der Waals surface area contributed by atoms with Crippen molar-refractivity contribution in [3.8, 4) is 11.8 Å². The molecule has 1 aromatic carbocycles. The fourth-order valence-corrected chi connectivity index (χ4v) is 3.04. The topological polar surface area (TPSA) is 42.2 Å². The molecule has 20 heavy (non-hydrogen) atoms. The SMILES string of the molecule is Cc1cc(C#N)cc(C)c1OC1CC(C)(C)OC1(C)C. The van der Waals surface area contributed by atoms with Gasteiger partial charge in [-0.2, -0.15) is 5.26 Å². The van der Waals surface area contributed by atoms with Crippen LogP contribution < -0.4 is 4.74 Å². The average Bonchev–Trinajstić information content (AvgIpc) is 2.51. The molecule has 0 saturated carbocycles. The molecule has 0 spiro atoms. The van der Waals surface area contributed by atoms with E-state index in [1.165, 1.54) is 0 Å². The van der Waals surface area contributed by atoms with Crippen LogP contribution in [0.1, 0.15) is 50.8 Å². The number of nitrogens with zero attached hydrogens (tertiary/aromatic N) is 1. The van der Waals surface area contributed by atoms with E-state index in [2.05, 4.69) is 33.8 Å². The molecule has 0 bridgehead atoms. The van der Waals surface area contributed by atoms with Gasteiger partial charge in [-0.25, -0.2) is 0 Å². The van der Waals surface area contributed by atoms with Crippen molar-refractivity contribution in [1.29, 1.82) is 5.26 Å². The van der Waals surface area contributed by atoms with Crippen molar-refractivity contribution in [2.75, 3.05) is 0 Å². The van der Waals surface area contributed by atoms with Crippen LogP contribution in [0.25, 0.3) is 0 Å². The van der Waals surface area contributed by atoms with Gasteiger partial charge >= 0.3 is 0 Å². The van der Waals surface area contributed by atoms with Crippen LogP contribution in [0.2, 0.25) is 0 Å². The molecule has 1 aliphatic heterocycles. The minimum Gasteiger partial charge on any atom is -0.487 e. The Morgan fingerprint density at radius 2 is 1.75 bits per heavy atom. The van der Waals surface area contributed by atoms with Crippen LogP contribution in [0.3, 0.4) is 0 Å². The van der Waals surface area contributed by atoms with Gasteiger partial charge < -0.3 is 9.47 Å². The highest BCUT2D eigenvalue weighted by Crippen LogP contribution is 2.40. The number of hydrogen-bond acceptors (Lipinski definition) is 3. The normalized spacial score (nSPS) is 23.4. The van der Waals surface area contributed by atoms with Gasteiger partial charge in [0.2, 0.25) is 0 Å². The second kappa shape index (κ2) is 4.79. The lowest BCUT2D eigenvalue weighted by Gasteiger charge is -2.28. The molecule has 1 atom stereocenters. The summed E-state index contributed by atoms with van der Waals surface area (Å²) in [5.41, 5.74) is 2.21. The summed E-state index contributed by atoms with van der Waals surface area (Å²) in [6.07, 6.45) is 0.877. The lowest BCUT2D eigenvalue weighted by atomic mass is 9.96. The zero-order valence-electron chi connectivity index (χ0n) is 13.2. The summed E-state index contributed by atoms with van der Waals surface area (Å²) in [5.74, 6) is 0.878. The van der Waals surface area contributed by atoms with Crippen molar-refractivity contribution >= 4 is 0 Å². The van der Waals surface area contributed by atoms with E-state index in [0.717, 1.165) is 23.3 Å². The summed E-state index contributed by atoms with van der Waals surface area (Å²) >= 11 is 0. The summed E-state index contributed by atoms with van der Waals surface area (Å²) in [7, 11) is 0. The largest absolute Gasteiger partial charge is 0.487 e. The number of benzene rings is 1. The zero-order chi connectivity index (χ0) is 15.1. The van der Waals surface area contributed by atoms with Crippen molar-refractivity contribution in [1.82, 2.24) is 0 Å². The van der Waals surface area contributed by atoms with Crippen LogP contribution in [0, 0.1) is 25.2 Å². The first-order chi connectivity index (χ1) is 9.14. The Bertz CT molecular complexity index is 544. The Morgan fingerprint density at radius 1 is 1.20 bits per heavy atom. The molecule has 0 aromatic heterocycles. The van der Waals surface area contributed by atoms with Crippen LogP contribution in [0.4, 0.5) is 0 Å². The number of rotatable bonds is 2. The summed E-state index contributed by atoms with van der Waals surface area (Å²) in [6, 6.07) is 5.92. The van der Waals surface area contributed by atoms with Crippen LogP contribution in [-0.2, 0) is 4.74 Å². The first-order valence-electron chi connectivity index (χ1n) is 7.03. The van der Waals surface area contributed by atoms with E-state index >= 15 is 0 Å². The van der Waals surface area contributed by atoms with E-state index in [-0.39, 0.29) is 17.3 Å². The van der Waals surface area contributed by atoms with Gasteiger partial charge in [0, 0.05) is 6.42 Å². The lowest BCUT2D eigenvalue weighted by Crippen LogP contribution is -2.37. The molecule has 1 unspecified atom stereocenters. The van der Waals surface area contributed by atoms with E-state index < -0.39 is 0 Å². The van der Waals surface area contributed by atoms with Gasteiger partial charge in [-0.1, -0.05) is 0 Å². The zero-order valence-corrected chi connectivity index (χ0v) is 13.2. The fourth-order valence-electron chi connectivity index (χ4n) is 3.04. The fraction of sp³-hybridized carbons (Fsp3) is 0.588. The van der Waals surface area contributed by atoms with Gasteiger partial charge in [0.1, 0.15) is 17.5 Å². The van der Waals surface area contributed by atoms with E-state index in [1.807, 2.05) is 26.0 Å². The van der Waals surface area contributed by atoms with Crippen LogP contribution >= 0.6 is 0 Å². The van der Waals surface area contributed by atoms with Crippen molar-refractivity contribution in [3.63, 3.8) is 0 Å². The number of ether oxygens (including phenoxy) is 2. The Labute approximate surface area is 121 Å². The molecular formula is C17H23NO2. The van der Waals surface area contributed by atoms with Gasteiger partial charge in [0.05, 0.1) is 17.2 Å². The Balaban J connectivity index is 2.30. The minimum absolute atomic E-state index is 0.0165. The van der Waals surface area contributed by atoms with Crippen molar-refractivity contribution in [2.45, 2.75) is 65.3 Å². The standard InChI is InChI=1S/C17H23NO2/c1-11-7-13(10-18)8-12(2)15(11)19-14-9-16(3,4)20-17(14,5)6/h7-8,14H,9H2,1-6H3. The van der Waals surface area contributed by atoms with Crippen LogP contribution in [-0.4, -0.2) is 17.3 Å². The average molecular weight is 273 g/mol. The van der Waals surface area contributed by atoms with E-state index in [4.69, 9.17) is 14.7 Å². The van der Waals surface area contributed by atoms with Gasteiger partial charge in [-0.05, 0) is 64.8 Å². The quantitative estimate of drug-likeness (QED) is 0.820.